The average molecular weight is 286 g/mol. The first-order chi connectivity index (χ1) is 9.70. The number of carbonyl (C=O) groups is 1. The van der Waals surface area contributed by atoms with Crippen molar-refractivity contribution in [1.82, 2.24) is 10.3 Å². The van der Waals surface area contributed by atoms with Gasteiger partial charge in [0.1, 0.15) is 6.61 Å². The molecule has 2 aromatic heterocycles. The summed E-state index contributed by atoms with van der Waals surface area (Å²) in [5, 5.41) is 11.6. The number of aliphatic hydroxyl groups is 1. The smallest absolute Gasteiger partial charge is 0.261 e. The van der Waals surface area contributed by atoms with E-state index in [1.807, 2.05) is 19.1 Å². The second-order valence-corrected chi connectivity index (χ2v) is 5.19. The van der Waals surface area contributed by atoms with Crippen LogP contribution < -0.4 is 5.32 Å². The van der Waals surface area contributed by atoms with Crippen molar-refractivity contribution in [3.8, 4) is 11.8 Å². The average Bonchev–Trinajstić information content (AvgIpc) is 2.95. The van der Waals surface area contributed by atoms with Gasteiger partial charge in [-0.3, -0.25) is 9.78 Å². The molecule has 0 saturated heterocycles. The van der Waals surface area contributed by atoms with Gasteiger partial charge in [-0.1, -0.05) is 17.9 Å². The van der Waals surface area contributed by atoms with Gasteiger partial charge in [0, 0.05) is 12.4 Å². The van der Waals surface area contributed by atoms with Crippen molar-refractivity contribution in [2.24, 2.45) is 0 Å². The van der Waals surface area contributed by atoms with Crippen LogP contribution in [0.2, 0.25) is 0 Å². The predicted molar refractivity (Wildman–Crippen MR) is 78.4 cm³/mol. The van der Waals surface area contributed by atoms with Gasteiger partial charge in [0.25, 0.3) is 5.91 Å². The number of rotatable bonds is 3. The quantitative estimate of drug-likeness (QED) is 0.848. The number of aliphatic hydroxyl groups excluding tert-OH is 1. The monoisotopic (exact) mass is 286 g/mol. The Morgan fingerprint density at radius 3 is 3.05 bits per heavy atom. The fourth-order valence-corrected chi connectivity index (χ4v) is 2.42. The minimum atomic E-state index is -0.183. The summed E-state index contributed by atoms with van der Waals surface area (Å²) in [6, 6.07) is 7.16. The van der Waals surface area contributed by atoms with Crippen LogP contribution >= 0.6 is 11.3 Å². The maximum atomic E-state index is 12.1. The van der Waals surface area contributed by atoms with E-state index in [1.165, 1.54) is 11.3 Å². The highest BCUT2D eigenvalue weighted by Crippen LogP contribution is 2.17. The van der Waals surface area contributed by atoms with E-state index in [4.69, 9.17) is 5.11 Å². The maximum Gasteiger partial charge on any atom is 0.261 e. The van der Waals surface area contributed by atoms with Gasteiger partial charge >= 0.3 is 0 Å². The van der Waals surface area contributed by atoms with Crippen LogP contribution in [0.25, 0.3) is 0 Å². The zero-order chi connectivity index (χ0) is 14.4. The van der Waals surface area contributed by atoms with Crippen LogP contribution in [0, 0.1) is 11.8 Å². The van der Waals surface area contributed by atoms with Crippen LogP contribution in [0.3, 0.4) is 0 Å². The summed E-state index contributed by atoms with van der Waals surface area (Å²) in [6.07, 6.45) is 3.43. The van der Waals surface area contributed by atoms with E-state index in [9.17, 15) is 4.79 Å². The van der Waals surface area contributed by atoms with Crippen molar-refractivity contribution < 1.29 is 9.90 Å². The zero-order valence-electron chi connectivity index (χ0n) is 11.0. The fourth-order valence-electron chi connectivity index (χ4n) is 1.64. The Morgan fingerprint density at radius 2 is 2.35 bits per heavy atom. The van der Waals surface area contributed by atoms with Crippen molar-refractivity contribution >= 4 is 17.2 Å². The van der Waals surface area contributed by atoms with Gasteiger partial charge in [0.2, 0.25) is 0 Å². The molecular weight excluding hydrogens is 272 g/mol. The Hall–Kier alpha value is -2.16. The van der Waals surface area contributed by atoms with Crippen LogP contribution in [-0.4, -0.2) is 22.6 Å². The molecular formula is C15H14N2O2S. The van der Waals surface area contributed by atoms with Gasteiger partial charge in [-0.25, -0.2) is 0 Å². The van der Waals surface area contributed by atoms with Crippen LogP contribution in [0.5, 0.6) is 0 Å². The summed E-state index contributed by atoms with van der Waals surface area (Å²) in [6.45, 7) is 1.73. The lowest BCUT2D eigenvalue weighted by molar-refractivity contribution is 0.0944. The molecule has 0 aromatic carbocycles. The molecule has 0 bridgehead atoms. The number of nitrogens with one attached hydrogen (secondary N) is 1. The Bertz CT molecular complexity index is 641. The second kappa shape index (κ2) is 6.85. The predicted octanol–water partition coefficient (Wildman–Crippen LogP) is 1.98. The molecule has 1 amide bonds. The summed E-state index contributed by atoms with van der Waals surface area (Å²) < 4.78 is 0. The summed E-state index contributed by atoms with van der Waals surface area (Å²) >= 11 is 1.31. The van der Waals surface area contributed by atoms with E-state index in [2.05, 4.69) is 22.1 Å². The molecule has 4 nitrogen and oxygen atoms in total. The van der Waals surface area contributed by atoms with Crippen molar-refractivity contribution in [1.29, 1.82) is 0 Å². The Labute approximate surface area is 121 Å². The zero-order valence-corrected chi connectivity index (χ0v) is 11.8. The van der Waals surface area contributed by atoms with E-state index >= 15 is 0 Å². The summed E-state index contributed by atoms with van der Waals surface area (Å²) in [5.41, 5.74) is 0.956. The number of aromatic nitrogens is 1. The van der Waals surface area contributed by atoms with E-state index in [0.717, 1.165) is 10.4 Å². The topological polar surface area (TPSA) is 62.2 Å². The van der Waals surface area contributed by atoms with Gasteiger partial charge in [-0.15, -0.1) is 11.3 Å². The molecule has 0 aliphatic carbocycles. The number of amides is 1. The van der Waals surface area contributed by atoms with Gasteiger partial charge < -0.3 is 10.4 Å². The number of hydrogen-bond donors (Lipinski definition) is 2. The molecule has 2 aromatic rings. The van der Waals surface area contributed by atoms with Gasteiger partial charge in [0.15, 0.2) is 0 Å². The van der Waals surface area contributed by atoms with E-state index in [1.54, 1.807) is 24.5 Å². The molecule has 102 valence electrons. The van der Waals surface area contributed by atoms with Crippen molar-refractivity contribution in [2.45, 2.75) is 13.0 Å². The van der Waals surface area contributed by atoms with Crippen molar-refractivity contribution in [2.75, 3.05) is 6.61 Å². The molecule has 5 heteroatoms. The molecule has 0 spiro atoms. The van der Waals surface area contributed by atoms with E-state index < -0.39 is 0 Å². The van der Waals surface area contributed by atoms with Gasteiger partial charge in [-0.05, 0) is 30.7 Å². The molecule has 1 unspecified atom stereocenters. The highest BCUT2D eigenvalue weighted by atomic mass is 32.1. The molecule has 0 fully saturated rings. The number of nitrogens with zero attached hydrogens (tertiary/aromatic N) is 1. The molecule has 2 rings (SSSR count). The first-order valence-electron chi connectivity index (χ1n) is 6.11. The van der Waals surface area contributed by atoms with Crippen LogP contribution in [-0.2, 0) is 0 Å². The number of hydrogen-bond acceptors (Lipinski definition) is 4. The first-order valence-corrected chi connectivity index (χ1v) is 6.92. The summed E-state index contributed by atoms with van der Waals surface area (Å²) in [4.78, 5) is 17.5. The minimum absolute atomic E-state index is 0.106. The van der Waals surface area contributed by atoms with E-state index in [-0.39, 0.29) is 18.6 Å². The number of carbonyl (C=O) groups excluding carboxylic acids is 1. The second-order valence-electron chi connectivity index (χ2n) is 4.11. The van der Waals surface area contributed by atoms with Crippen molar-refractivity contribution in [3.63, 3.8) is 0 Å². The molecule has 0 aliphatic heterocycles. The Morgan fingerprint density at radius 1 is 1.50 bits per heavy atom. The number of pyridine rings is 1. The number of thiophene rings is 1. The molecule has 0 saturated carbocycles. The Kier molecular flexibility index (Phi) is 4.88. The third-order valence-corrected chi connectivity index (χ3v) is 3.65. The minimum Gasteiger partial charge on any atom is -0.384 e. The molecule has 0 radical (unpaired) electrons. The largest absolute Gasteiger partial charge is 0.384 e. The van der Waals surface area contributed by atoms with Crippen molar-refractivity contribution in [3.05, 3.63) is 52.0 Å². The summed E-state index contributed by atoms with van der Waals surface area (Å²) in [5.74, 6) is 5.21. The summed E-state index contributed by atoms with van der Waals surface area (Å²) in [7, 11) is 0. The molecule has 2 N–H and O–H groups in total. The fraction of sp³-hybridized carbons (Fsp3) is 0.200. The highest BCUT2D eigenvalue weighted by molar-refractivity contribution is 7.14. The lowest BCUT2D eigenvalue weighted by Gasteiger charge is -2.12. The Balaban J connectivity index is 2.03. The van der Waals surface area contributed by atoms with Crippen LogP contribution in [0.4, 0.5) is 0 Å². The lowest BCUT2D eigenvalue weighted by Crippen LogP contribution is -2.25. The molecule has 2 heterocycles. The third kappa shape index (κ3) is 3.67. The normalized spacial score (nSPS) is 11.3. The standard InChI is InChI=1S/C15H14N2O2S/c1-11(12-4-2-8-16-10-12)17-15(19)14-7-6-13(20-14)5-3-9-18/h2,4,6-8,10-11,18H,9H2,1H3,(H,17,19). The van der Waals surface area contributed by atoms with Crippen LogP contribution in [0.1, 0.15) is 33.1 Å². The van der Waals surface area contributed by atoms with E-state index in [0.29, 0.717) is 4.88 Å². The lowest BCUT2D eigenvalue weighted by atomic mass is 10.1. The van der Waals surface area contributed by atoms with Gasteiger partial charge in [-0.2, -0.15) is 0 Å². The highest BCUT2D eigenvalue weighted by Gasteiger charge is 2.13. The molecule has 20 heavy (non-hydrogen) atoms. The molecule has 0 aliphatic rings. The van der Waals surface area contributed by atoms with Gasteiger partial charge in [0.05, 0.1) is 15.8 Å². The maximum absolute atomic E-state index is 12.1. The van der Waals surface area contributed by atoms with Crippen LogP contribution in [0.15, 0.2) is 36.7 Å². The molecule has 1 atom stereocenters. The third-order valence-electron chi connectivity index (χ3n) is 2.65. The SMILES string of the molecule is CC(NC(=O)c1ccc(C#CCO)s1)c1cccnc1. The first kappa shape index (κ1) is 14.3.